The van der Waals surface area contributed by atoms with Gasteiger partial charge in [-0.05, 0) is 37.5 Å². The van der Waals surface area contributed by atoms with Gasteiger partial charge in [0, 0.05) is 24.2 Å². The lowest BCUT2D eigenvalue weighted by Gasteiger charge is -2.28. The van der Waals surface area contributed by atoms with Gasteiger partial charge in [-0.1, -0.05) is 18.2 Å². The molecule has 1 atom stereocenters. The lowest BCUT2D eigenvalue weighted by atomic mass is 10.1. The maximum Gasteiger partial charge on any atom is 0.0726 e. The summed E-state index contributed by atoms with van der Waals surface area (Å²) in [5.74, 6) is 1.63. The molecule has 0 saturated carbocycles. The molecule has 0 aliphatic carbocycles. The van der Waals surface area contributed by atoms with E-state index in [0.29, 0.717) is 11.9 Å². The smallest absolute Gasteiger partial charge is 0.0726 e. The van der Waals surface area contributed by atoms with E-state index in [1.165, 1.54) is 23.2 Å². The van der Waals surface area contributed by atoms with Gasteiger partial charge in [0.15, 0.2) is 0 Å². The van der Waals surface area contributed by atoms with Crippen LogP contribution in [0, 0.1) is 0 Å². The van der Waals surface area contributed by atoms with E-state index >= 15 is 0 Å². The highest BCUT2D eigenvalue weighted by atomic mass is 35.5. The summed E-state index contributed by atoms with van der Waals surface area (Å²) in [6.45, 7) is 2.27. The van der Waals surface area contributed by atoms with Crippen LogP contribution in [0.4, 0.5) is 5.69 Å². The van der Waals surface area contributed by atoms with Gasteiger partial charge in [-0.3, -0.25) is 4.98 Å². The van der Waals surface area contributed by atoms with Gasteiger partial charge < -0.3 is 4.90 Å². The maximum absolute atomic E-state index is 5.98. The second kappa shape index (κ2) is 7.19. The first-order valence-electron chi connectivity index (χ1n) is 6.83. The van der Waals surface area contributed by atoms with Crippen molar-refractivity contribution in [3.05, 3.63) is 36.0 Å². The molecule has 0 bridgehead atoms. The molecule has 0 saturated heterocycles. The van der Waals surface area contributed by atoms with Crippen LogP contribution in [0.25, 0.3) is 10.9 Å². The average Bonchev–Trinajstić information content (AvgIpc) is 2.50. The number of anilines is 1. The lowest BCUT2D eigenvalue weighted by Crippen LogP contribution is -2.29. The first-order chi connectivity index (χ1) is 9.67. The Morgan fingerprint density at radius 2 is 2.10 bits per heavy atom. The highest BCUT2D eigenvalue weighted by Crippen LogP contribution is 2.28. The van der Waals surface area contributed by atoms with E-state index < -0.39 is 0 Å². The van der Waals surface area contributed by atoms with Crippen LogP contribution in [0.15, 0.2) is 30.3 Å². The molecule has 0 amide bonds. The number of thioether (sulfide) groups is 1. The molecule has 2 aromatic rings. The van der Waals surface area contributed by atoms with Crippen molar-refractivity contribution in [1.29, 1.82) is 0 Å². The van der Waals surface area contributed by atoms with Crippen molar-refractivity contribution < 1.29 is 0 Å². The van der Waals surface area contributed by atoms with Crippen LogP contribution in [-0.4, -0.2) is 30.1 Å². The fourth-order valence-electron chi connectivity index (χ4n) is 2.29. The fourth-order valence-corrected chi connectivity index (χ4v) is 3.00. The topological polar surface area (TPSA) is 16.1 Å². The summed E-state index contributed by atoms with van der Waals surface area (Å²) in [7, 11) is 2.16. The number of benzene rings is 1. The van der Waals surface area contributed by atoms with Crippen LogP contribution >= 0.6 is 23.4 Å². The van der Waals surface area contributed by atoms with Gasteiger partial charge in [-0.2, -0.15) is 11.8 Å². The van der Waals surface area contributed by atoms with E-state index in [1.54, 1.807) is 0 Å². The summed E-state index contributed by atoms with van der Waals surface area (Å²) in [6, 6.07) is 10.9. The summed E-state index contributed by atoms with van der Waals surface area (Å²) < 4.78 is 0. The first-order valence-corrected chi connectivity index (χ1v) is 8.76. The number of hydrogen-bond acceptors (Lipinski definition) is 3. The number of aromatic nitrogens is 1. The number of halogens is 1. The van der Waals surface area contributed by atoms with Crippen molar-refractivity contribution in [3.63, 3.8) is 0 Å². The fraction of sp³-hybridized carbons (Fsp3) is 0.438. The van der Waals surface area contributed by atoms with E-state index in [1.807, 2.05) is 17.8 Å². The minimum absolute atomic E-state index is 0.449. The minimum atomic E-state index is 0.449. The van der Waals surface area contributed by atoms with Crippen molar-refractivity contribution in [2.75, 3.05) is 24.0 Å². The van der Waals surface area contributed by atoms with Gasteiger partial charge in [0.05, 0.1) is 17.1 Å². The Morgan fingerprint density at radius 3 is 2.80 bits per heavy atom. The minimum Gasteiger partial charge on any atom is -0.371 e. The zero-order valence-corrected chi connectivity index (χ0v) is 13.8. The molecule has 0 N–H and O–H groups in total. The van der Waals surface area contributed by atoms with E-state index in [0.717, 1.165) is 11.2 Å². The van der Waals surface area contributed by atoms with Crippen LogP contribution in [0.3, 0.4) is 0 Å². The summed E-state index contributed by atoms with van der Waals surface area (Å²) in [5, 5.41) is 1.19. The number of pyridine rings is 1. The Labute approximate surface area is 130 Å². The number of nitrogens with zero attached hydrogens (tertiary/aromatic N) is 2. The molecule has 1 aromatic carbocycles. The molecule has 1 aromatic heterocycles. The Hall–Kier alpha value is -0.930. The van der Waals surface area contributed by atoms with Crippen molar-refractivity contribution in [2.24, 2.45) is 0 Å². The van der Waals surface area contributed by atoms with Crippen LogP contribution in [0.5, 0.6) is 0 Å². The molecule has 4 heteroatoms. The predicted octanol–water partition coefficient (Wildman–Crippen LogP) is 4.55. The summed E-state index contributed by atoms with van der Waals surface area (Å²) >= 11 is 7.88. The number of alkyl halides is 1. The highest BCUT2D eigenvalue weighted by molar-refractivity contribution is 7.98. The van der Waals surface area contributed by atoms with Gasteiger partial charge in [0.1, 0.15) is 0 Å². The second-order valence-corrected chi connectivity index (χ2v) is 6.28. The highest BCUT2D eigenvalue weighted by Gasteiger charge is 2.14. The predicted molar refractivity (Wildman–Crippen MR) is 92.2 cm³/mol. The monoisotopic (exact) mass is 308 g/mol. The zero-order chi connectivity index (χ0) is 14.5. The van der Waals surface area contributed by atoms with Gasteiger partial charge >= 0.3 is 0 Å². The Kier molecular flexibility index (Phi) is 5.55. The molecule has 1 unspecified atom stereocenters. The van der Waals surface area contributed by atoms with Gasteiger partial charge in [-0.15, -0.1) is 11.6 Å². The van der Waals surface area contributed by atoms with E-state index in [9.17, 15) is 0 Å². The maximum atomic E-state index is 5.98. The summed E-state index contributed by atoms with van der Waals surface area (Å²) in [6.07, 6.45) is 3.32. The zero-order valence-electron chi connectivity index (χ0n) is 12.3. The lowest BCUT2D eigenvalue weighted by molar-refractivity contribution is 0.670. The molecule has 108 valence electrons. The second-order valence-electron chi connectivity index (χ2n) is 5.02. The molecule has 0 aliphatic rings. The summed E-state index contributed by atoms with van der Waals surface area (Å²) in [5.41, 5.74) is 3.17. The number of rotatable bonds is 6. The molecular weight excluding hydrogens is 288 g/mol. The molecular formula is C16H21ClN2S. The van der Waals surface area contributed by atoms with Crippen molar-refractivity contribution in [3.8, 4) is 0 Å². The Bertz CT molecular complexity index is 573. The standard InChI is InChI=1S/C16H21ClN2S/c1-12(8-9-20-3)19(2)16-10-13(11-17)18-15-7-5-4-6-14(15)16/h4-7,10,12H,8-9,11H2,1-3H3. The average molecular weight is 309 g/mol. The van der Waals surface area contributed by atoms with Crippen LogP contribution in [-0.2, 0) is 5.88 Å². The molecule has 2 rings (SSSR count). The first kappa shape index (κ1) is 15.5. The third kappa shape index (κ3) is 3.39. The quantitative estimate of drug-likeness (QED) is 0.728. The van der Waals surface area contributed by atoms with Crippen molar-refractivity contribution in [1.82, 2.24) is 4.98 Å². The largest absolute Gasteiger partial charge is 0.371 e. The van der Waals surface area contributed by atoms with E-state index in [4.69, 9.17) is 11.6 Å². The van der Waals surface area contributed by atoms with Gasteiger partial charge in [-0.25, -0.2) is 0 Å². The molecule has 2 nitrogen and oxygen atoms in total. The third-order valence-electron chi connectivity index (χ3n) is 3.67. The van der Waals surface area contributed by atoms with E-state index in [-0.39, 0.29) is 0 Å². The number of hydrogen-bond donors (Lipinski definition) is 0. The third-order valence-corrected chi connectivity index (χ3v) is 4.58. The molecule has 0 aliphatic heterocycles. The van der Waals surface area contributed by atoms with Crippen LogP contribution in [0.1, 0.15) is 19.0 Å². The molecule has 0 spiro atoms. The Morgan fingerprint density at radius 1 is 1.35 bits per heavy atom. The van der Waals surface area contributed by atoms with Crippen LogP contribution < -0.4 is 4.90 Å². The van der Waals surface area contributed by atoms with Crippen molar-refractivity contribution >= 4 is 40.0 Å². The van der Waals surface area contributed by atoms with Crippen molar-refractivity contribution in [2.45, 2.75) is 25.3 Å². The van der Waals surface area contributed by atoms with Gasteiger partial charge in [0.2, 0.25) is 0 Å². The SMILES string of the molecule is CSCCC(C)N(C)c1cc(CCl)nc2ccccc12. The molecule has 0 fully saturated rings. The van der Waals surface area contributed by atoms with Crippen LogP contribution in [0.2, 0.25) is 0 Å². The normalized spacial score (nSPS) is 12.6. The molecule has 20 heavy (non-hydrogen) atoms. The van der Waals surface area contributed by atoms with E-state index in [2.05, 4.69) is 54.4 Å². The molecule has 0 radical (unpaired) electrons. The Balaban J connectivity index is 2.41. The van der Waals surface area contributed by atoms with Gasteiger partial charge in [0.25, 0.3) is 0 Å². The molecule has 1 heterocycles. The summed E-state index contributed by atoms with van der Waals surface area (Å²) in [4.78, 5) is 6.94. The number of fused-ring (bicyclic) bond motifs is 1. The number of para-hydroxylation sites is 1.